The molecule has 1 atom stereocenters. The molecule has 1 N–H and O–H groups in total. The van der Waals surface area contributed by atoms with Crippen molar-refractivity contribution in [2.75, 3.05) is 0 Å². The molecule has 0 aliphatic heterocycles. The summed E-state index contributed by atoms with van der Waals surface area (Å²) in [4.78, 5) is 0. The van der Waals surface area contributed by atoms with Crippen LogP contribution in [0.25, 0.3) is 0 Å². The van der Waals surface area contributed by atoms with E-state index in [0.29, 0.717) is 10.8 Å². The van der Waals surface area contributed by atoms with Gasteiger partial charge >= 0.3 is 0 Å². The normalized spacial score (nSPS) is 15.4. The van der Waals surface area contributed by atoms with E-state index in [1.807, 2.05) is 0 Å². The zero-order valence-corrected chi connectivity index (χ0v) is 9.17. The van der Waals surface area contributed by atoms with E-state index >= 15 is 0 Å². The fourth-order valence-electron chi connectivity index (χ4n) is 1.72. The number of fused-ring (bicyclic) bond motifs is 1. The number of nitrogens with zero attached hydrogens (tertiary/aromatic N) is 2. The summed E-state index contributed by atoms with van der Waals surface area (Å²) in [6, 6.07) is 0. The van der Waals surface area contributed by atoms with Crippen molar-refractivity contribution in [1.82, 2.24) is 10.2 Å². The molecule has 0 spiro atoms. The number of rotatable bonds is 0. The van der Waals surface area contributed by atoms with Crippen LogP contribution < -0.4 is 0 Å². The molecule has 0 saturated heterocycles. The Balaban J connectivity index is 2.43. The molecule has 3 nitrogen and oxygen atoms in total. The quantitative estimate of drug-likeness (QED) is 0.674. The van der Waals surface area contributed by atoms with Gasteiger partial charge in [0, 0.05) is 0 Å². The summed E-state index contributed by atoms with van der Waals surface area (Å²) in [7, 11) is 0. The van der Waals surface area contributed by atoms with Gasteiger partial charge in [-0.1, -0.05) is 17.5 Å². The van der Waals surface area contributed by atoms with Crippen LogP contribution in [0.2, 0.25) is 5.15 Å². The van der Waals surface area contributed by atoms with Crippen LogP contribution in [0, 0.1) is 11.8 Å². The maximum Gasteiger partial charge on any atom is 0.155 e. The number of aliphatic hydroxyl groups excluding tert-OH is 1. The first-order chi connectivity index (χ1) is 7.18. The van der Waals surface area contributed by atoms with E-state index in [1.54, 1.807) is 6.92 Å². The fourth-order valence-corrected chi connectivity index (χ4v) is 1.97. The van der Waals surface area contributed by atoms with Crippen molar-refractivity contribution in [3.63, 3.8) is 0 Å². The third-order valence-corrected chi connectivity index (χ3v) is 2.69. The third-order valence-electron chi connectivity index (χ3n) is 2.39. The van der Waals surface area contributed by atoms with Gasteiger partial charge < -0.3 is 5.11 Å². The summed E-state index contributed by atoms with van der Waals surface area (Å²) < 4.78 is 0. The fraction of sp³-hybridized carbons (Fsp3) is 0.455. The Labute approximate surface area is 93.5 Å². The summed E-state index contributed by atoms with van der Waals surface area (Å²) in [5.41, 5.74) is 2.83. The molecule has 0 aromatic carbocycles. The Hall–Kier alpha value is -1.11. The second-order valence-corrected chi connectivity index (χ2v) is 3.95. The van der Waals surface area contributed by atoms with Crippen molar-refractivity contribution in [2.45, 2.75) is 32.3 Å². The van der Waals surface area contributed by atoms with Crippen LogP contribution >= 0.6 is 11.6 Å². The van der Waals surface area contributed by atoms with Crippen LogP contribution in [0.15, 0.2) is 0 Å². The van der Waals surface area contributed by atoms with Crippen LogP contribution in [0.1, 0.15) is 30.2 Å². The first kappa shape index (κ1) is 10.4. The van der Waals surface area contributed by atoms with Gasteiger partial charge in [-0.3, -0.25) is 0 Å². The van der Waals surface area contributed by atoms with Gasteiger partial charge in [0.05, 0.1) is 0 Å². The highest BCUT2D eigenvalue weighted by atomic mass is 35.5. The van der Waals surface area contributed by atoms with Gasteiger partial charge in [-0.25, -0.2) is 0 Å². The van der Waals surface area contributed by atoms with Gasteiger partial charge in [0.15, 0.2) is 5.15 Å². The monoisotopic (exact) mass is 222 g/mol. The molecule has 2 rings (SSSR count). The molecule has 4 heteroatoms. The maximum atomic E-state index is 9.07. The minimum atomic E-state index is -0.639. The minimum absolute atomic E-state index is 0.491. The Kier molecular flexibility index (Phi) is 2.90. The molecule has 1 aromatic heterocycles. The number of hydrogen-bond acceptors (Lipinski definition) is 3. The molecule has 78 valence electrons. The molecular formula is C11H11ClN2O. The number of hydrogen-bond donors (Lipinski definition) is 1. The molecule has 1 aliphatic carbocycles. The van der Waals surface area contributed by atoms with E-state index in [9.17, 15) is 0 Å². The topological polar surface area (TPSA) is 46.0 Å². The summed E-state index contributed by atoms with van der Waals surface area (Å²) >= 11 is 5.93. The van der Waals surface area contributed by atoms with Crippen LogP contribution in [0.4, 0.5) is 0 Å². The number of halogens is 1. The number of aliphatic hydroxyl groups is 1. The average molecular weight is 223 g/mol. The van der Waals surface area contributed by atoms with E-state index in [0.717, 1.165) is 30.4 Å². The predicted molar refractivity (Wildman–Crippen MR) is 57.6 cm³/mol. The average Bonchev–Trinajstić information content (AvgIpc) is 2.66. The lowest BCUT2D eigenvalue weighted by molar-refractivity contribution is 0.253. The molecule has 0 radical (unpaired) electrons. The molecule has 1 heterocycles. The molecule has 15 heavy (non-hydrogen) atoms. The molecule has 0 bridgehead atoms. The molecule has 1 unspecified atom stereocenters. The second kappa shape index (κ2) is 4.18. The van der Waals surface area contributed by atoms with Crippen molar-refractivity contribution in [2.24, 2.45) is 0 Å². The minimum Gasteiger partial charge on any atom is -0.381 e. The largest absolute Gasteiger partial charge is 0.381 e. The first-order valence-corrected chi connectivity index (χ1v) is 5.30. The molecule has 0 saturated carbocycles. The van der Waals surface area contributed by atoms with E-state index in [1.165, 1.54) is 0 Å². The second-order valence-electron chi connectivity index (χ2n) is 3.60. The van der Waals surface area contributed by atoms with Crippen LogP contribution in [-0.4, -0.2) is 21.4 Å². The van der Waals surface area contributed by atoms with Gasteiger partial charge in [-0.15, -0.1) is 10.2 Å². The van der Waals surface area contributed by atoms with Crippen molar-refractivity contribution in [3.05, 3.63) is 22.0 Å². The smallest absolute Gasteiger partial charge is 0.155 e. The zero-order chi connectivity index (χ0) is 10.8. The van der Waals surface area contributed by atoms with E-state index in [-0.39, 0.29) is 0 Å². The lowest BCUT2D eigenvalue weighted by Crippen LogP contribution is -1.99. The van der Waals surface area contributed by atoms with Gasteiger partial charge in [-0.05, 0) is 43.2 Å². The van der Waals surface area contributed by atoms with Crippen molar-refractivity contribution in [3.8, 4) is 11.8 Å². The molecule has 1 aromatic rings. The Morgan fingerprint density at radius 1 is 1.33 bits per heavy atom. The van der Waals surface area contributed by atoms with Gasteiger partial charge in [0.25, 0.3) is 0 Å². The van der Waals surface area contributed by atoms with Gasteiger partial charge in [0.1, 0.15) is 11.8 Å². The van der Waals surface area contributed by atoms with E-state index < -0.39 is 6.10 Å². The van der Waals surface area contributed by atoms with Crippen LogP contribution in [0.3, 0.4) is 0 Å². The van der Waals surface area contributed by atoms with Crippen molar-refractivity contribution < 1.29 is 5.11 Å². The highest BCUT2D eigenvalue weighted by Gasteiger charge is 2.19. The maximum absolute atomic E-state index is 9.07. The highest BCUT2D eigenvalue weighted by molar-refractivity contribution is 6.30. The number of aromatic nitrogens is 2. The zero-order valence-electron chi connectivity index (χ0n) is 8.42. The molecule has 0 amide bonds. The van der Waals surface area contributed by atoms with Crippen LogP contribution in [0.5, 0.6) is 0 Å². The standard InChI is InChI=1S/C11H11ClN2O/c1-7(15)5-6-10-8-3-2-4-9(8)11(12)14-13-10/h7,15H,2-4H2,1H3. The molecule has 1 aliphatic rings. The highest BCUT2D eigenvalue weighted by Crippen LogP contribution is 2.28. The summed E-state index contributed by atoms with van der Waals surface area (Å²) in [5.74, 6) is 5.51. The Morgan fingerprint density at radius 3 is 2.80 bits per heavy atom. The SMILES string of the molecule is CC(O)C#Cc1nnc(Cl)c2c1CCC2. The molecule has 0 fully saturated rings. The summed E-state index contributed by atoms with van der Waals surface area (Å²) in [6.45, 7) is 1.62. The Bertz CT molecular complexity index is 446. The third kappa shape index (κ3) is 2.11. The van der Waals surface area contributed by atoms with Crippen LogP contribution in [-0.2, 0) is 12.8 Å². The van der Waals surface area contributed by atoms with E-state index in [4.69, 9.17) is 16.7 Å². The van der Waals surface area contributed by atoms with E-state index in [2.05, 4.69) is 22.0 Å². The summed E-state index contributed by atoms with van der Waals surface area (Å²) in [5, 5.41) is 17.4. The van der Waals surface area contributed by atoms with Crippen molar-refractivity contribution >= 4 is 11.6 Å². The first-order valence-electron chi connectivity index (χ1n) is 4.92. The summed E-state index contributed by atoms with van der Waals surface area (Å²) in [6.07, 6.45) is 2.34. The lowest BCUT2D eigenvalue weighted by Gasteiger charge is -2.01. The van der Waals surface area contributed by atoms with Gasteiger partial charge in [0.2, 0.25) is 0 Å². The lowest BCUT2D eigenvalue weighted by atomic mass is 10.1. The molecular weight excluding hydrogens is 212 g/mol. The Morgan fingerprint density at radius 2 is 2.07 bits per heavy atom. The van der Waals surface area contributed by atoms with Crippen molar-refractivity contribution in [1.29, 1.82) is 0 Å². The predicted octanol–water partition coefficient (Wildman–Crippen LogP) is 1.35. The van der Waals surface area contributed by atoms with Gasteiger partial charge in [-0.2, -0.15) is 0 Å².